The van der Waals surface area contributed by atoms with Crippen LogP contribution in [0.1, 0.15) is 68.6 Å². The van der Waals surface area contributed by atoms with Crippen LogP contribution in [0.2, 0.25) is 0 Å². The van der Waals surface area contributed by atoms with Crippen LogP contribution >= 0.6 is 0 Å². The third kappa shape index (κ3) is 10.9. The minimum absolute atomic E-state index is 0.0306. The molecule has 0 saturated carbocycles. The fourth-order valence-electron chi connectivity index (χ4n) is 4.39. The van der Waals surface area contributed by atoms with Gasteiger partial charge in [0.1, 0.15) is 11.6 Å². The normalized spacial score (nSPS) is 10.9. The van der Waals surface area contributed by atoms with Crippen LogP contribution in [0.15, 0.2) is 54.6 Å². The Morgan fingerprint density at radius 3 is 1.88 bits per heavy atom. The molecule has 0 atom stereocenters. The van der Waals surface area contributed by atoms with E-state index in [1.807, 2.05) is 6.07 Å². The number of unbranched alkanes of at least 4 members (excludes halogenated alkanes) is 4. The van der Waals surface area contributed by atoms with Crippen molar-refractivity contribution in [1.82, 2.24) is 0 Å². The number of esters is 2. The zero-order chi connectivity index (χ0) is 30.2. The first-order chi connectivity index (χ1) is 19.7. The topological polar surface area (TPSA) is 93.1 Å². The predicted molar refractivity (Wildman–Crippen MR) is 155 cm³/mol. The molecule has 2 aromatic rings. The summed E-state index contributed by atoms with van der Waals surface area (Å²) in [5.41, 5.74) is 2.68. The van der Waals surface area contributed by atoms with Gasteiger partial charge in [0.25, 0.3) is 0 Å². The standard InChI is InChI=1S/C33H42F2O6/c1-4-5-6-7-8-13-29-28(17-16-26(31(29)35)12-10-19-41-33(39)24(3)22-37)27-15-14-25(30(34)20-27)11-9-18-40-32(38)23(2)21-36/h14-17,20,36-37H,2-13,18-19,21-22H2,1H3. The minimum Gasteiger partial charge on any atom is -0.462 e. The summed E-state index contributed by atoms with van der Waals surface area (Å²) in [5.74, 6) is -2.09. The van der Waals surface area contributed by atoms with Gasteiger partial charge in [0, 0.05) is 0 Å². The van der Waals surface area contributed by atoms with Crippen LogP contribution in [0, 0.1) is 11.6 Å². The first-order valence-corrected chi connectivity index (χ1v) is 14.2. The molecule has 8 heteroatoms. The molecule has 41 heavy (non-hydrogen) atoms. The van der Waals surface area contributed by atoms with E-state index in [9.17, 15) is 9.59 Å². The summed E-state index contributed by atoms with van der Waals surface area (Å²) in [5, 5.41) is 17.9. The Kier molecular flexibility index (Phi) is 15.0. The Morgan fingerprint density at radius 2 is 1.32 bits per heavy atom. The van der Waals surface area contributed by atoms with Crippen molar-refractivity contribution in [2.45, 2.75) is 71.1 Å². The van der Waals surface area contributed by atoms with Crippen LogP contribution in [0.5, 0.6) is 0 Å². The summed E-state index contributed by atoms with van der Waals surface area (Å²) >= 11 is 0. The number of ether oxygens (including phenoxy) is 2. The molecule has 2 aromatic carbocycles. The highest BCUT2D eigenvalue weighted by atomic mass is 19.1. The van der Waals surface area contributed by atoms with Gasteiger partial charge in [-0.1, -0.05) is 70.0 Å². The number of hydrogen-bond donors (Lipinski definition) is 2. The second-order valence-electron chi connectivity index (χ2n) is 10.0. The lowest BCUT2D eigenvalue weighted by Crippen LogP contribution is -2.11. The van der Waals surface area contributed by atoms with Gasteiger partial charge in [-0.2, -0.15) is 0 Å². The van der Waals surface area contributed by atoms with Crippen molar-refractivity contribution in [3.63, 3.8) is 0 Å². The number of carbonyl (C=O) groups is 2. The second-order valence-corrected chi connectivity index (χ2v) is 10.0. The summed E-state index contributed by atoms with van der Waals surface area (Å²) in [6.45, 7) is 8.16. The number of halogens is 2. The molecule has 0 fully saturated rings. The Labute approximate surface area is 241 Å². The quantitative estimate of drug-likeness (QED) is 0.118. The number of aryl methyl sites for hydroxylation is 2. The van der Waals surface area contributed by atoms with E-state index in [4.69, 9.17) is 19.7 Å². The van der Waals surface area contributed by atoms with Crippen molar-refractivity contribution < 1.29 is 38.1 Å². The third-order valence-corrected chi connectivity index (χ3v) is 6.82. The molecule has 0 saturated heterocycles. The number of benzene rings is 2. The van der Waals surface area contributed by atoms with Crippen LogP contribution in [0.25, 0.3) is 11.1 Å². The molecule has 0 heterocycles. The van der Waals surface area contributed by atoms with E-state index < -0.39 is 31.0 Å². The van der Waals surface area contributed by atoms with Crippen molar-refractivity contribution in [2.75, 3.05) is 26.4 Å². The van der Waals surface area contributed by atoms with Crippen molar-refractivity contribution in [3.05, 3.63) is 83.0 Å². The first kappa shape index (κ1) is 33.8. The molecule has 2 N–H and O–H groups in total. The molecule has 224 valence electrons. The lowest BCUT2D eigenvalue weighted by molar-refractivity contribution is -0.140. The van der Waals surface area contributed by atoms with Gasteiger partial charge < -0.3 is 19.7 Å². The highest BCUT2D eigenvalue weighted by molar-refractivity contribution is 5.88. The SMILES string of the molecule is C=C(CO)C(=O)OCCCc1ccc(-c2ccc(CCCOC(=O)C(=C)CO)c(F)c2CCCCCCC)cc1F. The Balaban J connectivity index is 2.15. The number of aliphatic hydroxyl groups is 2. The molecule has 2 rings (SSSR count). The molecule has 0 spiro atoms. The number of carbonyl (C=O) groups excluding carboxylic acids is 2. The molecule has 0 unspecified atom stereocenters. The molecular formula is C33H42F2O6. The highest BCUT2D eigenvalue weighted by Gasteiger charge is 2.17. The van der Waals surface area contributed by atoms with Crippen LogP contribution < -0.4 is 0 Å². The fraction of sp³-hybridized carbons (Fsp3) is 0.455. The summed E-state index contributed by atoms with van der Waals surface area (Å²) < 4.78 is 40.9. The average molecular weight is 573 g/mol. The summed E-state index contributed by atoms with van der Waals surface area (Å²) in [6.07, 6.45) is 7.13. The minimum atomic E-state index is -0.676. The Morgan fingerprint density at radius 1 is 0.756 bits per heavy atom. The Bertz CT molecular complexity index is 1190. The largest absolute Gasteiger partial charge is 0.462 e. The second kappa shape index (κ2) is 18.1. The fourth-order valence-corrected chi connectivity index (χ4v) is 4.39. The van der Waals surface area contributed by atoms with Crippen LogP contribution in [-0.2, 0) is 38.3 Å². The van der Waals surface area contributed by atoms with Gasteiger partial charge in [-0.3, -0.25) is 0 Å². The molecule has 0 radical (unpaired) electrons. The summed E-state index contributed by atoms with van der Waals surface area (Å²) in [4.78, 5) is 23.3. The molecular weight excluding hydrogens is 530 g/mol. The highest BCUT2D eigenvalue weighted by Crippen LogP contribution is 2.31. The van der Waals surface area contributed by atoms with Gasteiger partial charge in [0.2, 0.25) is 0 Å². The van der Waals surface area contributed by atoms with E-state index in [0.29, 0.717) is 59.9 Å². The molecule has 0 aliphatic heterocycles. The van der Waals surface area contributed by atoms with Gasteiger partial charge in [-0.15, -0.1) is 0 Å². The number of hydrogen-bond acceptors (Lipinski definition) is 6. The zero-order valence-electron chi connectivity index (χ0n) is 24.0. The van der Waals surface area contributed by atoms with Crippen molar-refractivity contribution in [2.24, 2.45) is 0 Å². The molecule has 0 amide bonds. The molecule has 0 aliphatic carbocycles. The molecule has 6 nitrogen and oxygen atoms in total. The monoisotopic (exact) mass is 572 g/mol. The first-order valence-electron chi connectivity index (χ1n) is 14.2. The van der Waals surface area contributed by atoms with E-state index in [0.717, 1.165) is 32.1 Å². The lowest BCUT2D eigenvalue weighted by atomic mass is 9.91. The third-order valence-electron chi connectivity index (χ3n) is 6.82. The van der Waals surface area contributed by atoms with Crippen LogP contribution in [0.3, 0.4) is 0 Å². The number of aliphatic hydroxyl groups excluding tert-OH is 2. The maximum absolute atomic E-state index is 15.8. The van der Waals surface area contributed by atoms with Gasteiger partial charge in [0.15, 0.2) is 0 Å². The van der Waals surface area contributed by atoms with Crippen molar-refractivity contribution >= 4 is 11.9 Å². The van der Waals surface area contributed by atoms with E-state index in [-0.39, 0.29) is 30.2 Å². The van der Waals surface area contributed by atoms with Gasteiger partial charge in [0.05, 0.1) is 37.6 Å². The summed E-state index contributed by atoms with van der Waals surface area (Å²) in [7, 11) is 0. The van der Waals surface area contributed by atoms with Crippen LogP contribution in [-0.4, -0.2) is 48.6 Å². The zero-order valence-corrected chi connectivity index (χ0v) is 24.0. The smallest absolute Gasteiger partial charge is 0.335 e. The Hall–Kier alpha value is -3.36. The maximum atomic E-state index is 15.8. The van der Waals surface area contributed by atoms with Gasteiger partial charge in [-0.05, 0) is 72.4 Å². The maximum Gasteiger partial charge on any atom is 0.335 e. The van der Waals surface area contributed by atoms with E-state index in [1.165, 1.54) is 6.07 Å². The molecule has 0 aromatic heterocycles. The van der Waals surface area contributed by atoms with Crippen LogP contribution in [0.4, 0.5) is 8.78 Å². The van der Waals surface area contributed by atoms with Crippen molar-refractivity contribution in [1.29, 1.82) is 0 Å². The van der Waals surface area contributed by atoms with E-state index in [2.05, 4.69) is 20.1 Å². The van der Waals surface area contributed by atoms with E-state index in [1.54, 1.807) is 18.2 Å². The average Bonchev–Trinajstić information content (AvgIpc) is 2.98. The van der Waals surface area contributed by atoms with Gasteiger partial charge in [-0.25, -0.2) is 18.4 Å². The van der Waals surface area contributed by atoms with Gasteiger partial charge >= 0.3 is 11.9 Å². The molecule has 0 aliphatic rings. The van der Waals surface area contributed by atoms with Crippen molar-refractivity contribution in [3.8, 4) is 11.1 Å². The summed E-state index contributed by atoms with van der Waals surface area (Å²) in [6, 6.07) is 8.38. The molecule has 0 bridgehead atoms. The lowest BCUT2D eigenvalue weighted by Gasteiger charge is -2.16. The number of rotatable bonds is 19. The predicted octanol–water partition coefficient (Wildman–Crippen LogP) is 6.19. The van der Waals surface area contributed by atoms with E-state index >= 15 is 8.78 Å².